The van der Waals surface area contributed by atoms with Gasteiger partial charge in [-0.15, -0.1) is 0 Å². The van der Waals surface area contributed by atoms with Crippen LogP contribution in [-0.2, 0) is 33.4 Å². The summed E-state index contributed by atoms with van der Waals surface area (Å²) in [6.45, 7) is 2.65. The van der Waals surface area contributed by atoms with Crippen molar-refractivity contribution in [1.82, 2.24) is 10.8 Å². The largest absolute Gasteiger partial charge is 0.457 e. The van der Waals surface area contributed by atoms with Gasteiger partial charge in [0.2, 0.25) is 0 Å². The Balaban J connectivity index is 1.69. The first kappa shape index (κ1) is 22.3. The summed E-state index contributed by atoms with van der Waals surface area (Å²) >= 11 is 0. The molecule has 2 heterocycles. The highest BCUT2D eigenvalue weighted by atomic mass is 17.1. The second kappa shape index (κ2) is 11.1. The van der Waals surface area contributed by atoms with Crippen LogP contribution in [0.4, 0.5) is 0 Å². The van der Waals surface area contributed by atoms with Crippen molar-refractivity contribution in [3.8, 4) is 0 Å². The lowest BCUT2D eigenvalue weighted by Crippen LogP contribution is -2.35. The van der Waals surface area contributed by atoms with Gasteiger partial charge in [-0.25, -0.2) is 9.68 Å². The Morgan fingerprint density at radius 2 is 1.78 bits per heavy atom. The summed E-state index contributed by atoms with van der Waals surface area (Å²) in [6, 6.07) is 0. The molecule has 2 rings (SSSR count). The molecule has 0 bridgehead atoms. The molecule has 0 aromatic carbocycles. The second-order valence-electron chi connectivity index (χ2n) is 6.04. The molecule has 0 saturated carbocycles. The van der Waals surface area contributed by atoms with Crippen LogP contribution in [0.3, 0.4) is 0 Å². The van der Waals surface area contributed by atoms with Crippen LogP contribution in [0.2, 0.25) is 0 Å². The maximum Gasteiger partial charge on any atom is 0.306 e. The number of ether oxygens (including phenoxy) is 4. The molecule has 0 amide bonds. The molecule has 2 aliphatic rings. The Kier molecular flexibility index (Phi) is 9.20. The normalized spacial score (nSPS) is 28.7. The summed E-state index contributed by atoms with van der Waals surface area (Å²) < 4.78 is 22.2. The molecular formula is C14H26N2O11. The van der Waals surface area contributed by atoms with Crippen LogP contribution in [0, 0.1) is 0 Å². The van der Waals surface area contributed by atoms with Gasteiger partial charge in [-0.1, -0.05) is 0 Å². The lowest BCUT2D eigenvalue weighted by atomic mass is 10.1. The minimum Gasteiger partial charge on any atom is -0.457 e. The number of rotatable bonds is 12. The summed E-state index contributed by atoms with van der Waals surface area (Å²) in [5.41, 5.74) is 0. The predicted octanol–water partition coefficient (Wildman–Crippen LogP) is -0.336. The van der Waals surface area contributed by atoms with Gasteiger partial charge in [-0.2, -0.15) is 0 Å². The van der Waals surface area contributed by atoms with Crippen molar-refractivity contribution < 1.29 is 54.2 Å². The maximum absolute atomic E-state index is 12.0. The number of fused-ring (bicyclic) bond motifs is 1. The third-order valence-electron chi connectivity index (χ3n) is 4.15. The number of hydrogen-bond donors (Lipinski definition) is 4. The van der Waals surface area contributed by atoms with Gasteiger partial charge in [0.25, 0.3) is 0 Å². The minimum atomic E-state index is -0.945. The van der Waals surface area contributed by atoms with E-state index in [-0.39, 0.29) is 44.2 Å². The van der Waals surface area contributed by atoms with Crippen molar-refractivity contribution in [1.29, 1.82) is 0 Å². The summed E-state index contributed by atoms with van der Waals surface area (Å²) in [7, 11) is 0. The fourth-order valence-electron chi connectivity index (χ4n) is 3.04. The van der Waals surface area contributed by atoms with Gasteiger partial charge in [0.15, 0.2) is 6.10 Å². The second-order valence-corrected chi connectivity index (χ2v) is 6.04. The zero-order chi connectivity index (χ0) is 19.8. The molecule has 0 unspecified atom stereocenters. The molecule has 0 spiro atoms. The average molecular weight is 398 g/mol. The van der Waals surface area contributed by atoms with Crippen LogP contribution < -0.4 is 0 Å². The fraction of sp³-hybridized carbons (Fsp3) is 0.929. The van der Waals surface area contributed by atoms with E-state index in [0.717, 1.165) is 0 Å². The number of nitrogens with zero attached hydrogens (tertiary/aromatic N) is 2. The van der Waals surface area contributed by atoms with Crippen molar-refractivity contribution in [2.24, 2.45) is 0 Å². The average Bonchev–Trinajstić information content (AvgIpc) is 3.16. The van der Waals surface area contributed by atoms with E-state index in [2.05, 4.69) is 9.68 Å². The van der Waals surface area contributed by atoms with Gasteiger partial charge in [0.05, 0.1) is 24.0 Å². The van der Waals surface area contributed by atoms with Crippen LogP contribution in [0.25, 0.3) is 0 Å². The zero-order valence-electron chi connectivity index (χ0n) is 14.9. The Bertz CT molecular complexity index is 453. The van der Waals surface area contributed by atoms with Crippen molar-refractivity contribution in [3.63, 3.8) is 0 Å². The molecule has 13 heteroatoms. The van der Waals surface area contributed by atoms with Crippen LogP contribution in [0.1, 0.15) is 26.2 Å². The third-order valence-corrected chi connectivity index (χ3v) is 4.15. The van der Waals surface area contributed by atoms with Gasteiger partial charge < -0.3 is 18.9 Å². The first-order valence-corrected chi connectivity index (χ1v) is 8.60. The Labute approximate surface area is 155 Å². The van der Waals surface area contributed by atoms with Crippen LogP contribution >= 0.6 is 0 Å². The Hall–Kier alpha value is -0.970. The Morgan fingerprint density at radius 1 is 1.11 bits per heavy atom. The topological polar surface area (TPSA) is 160 Å². The quantitative estimate of drug-likeness (QED) is 0.250. The zero-order valence-corrected chi connectivity index (χ0v) is 14.9. The van der Waals surface area contributed by atoms with E-state index in [4.69, 9.17) is 39.8 Å². The van der Waals surface area contributed by atoms with E-state index >= 15 is 0 Å². The van der Waals surface area contributed by atoms with Crippen molar-refractivity contribution in [3.05, 3.63) is 0 Å². The monoisotopic (exact) mass is 398 g/mol. The van der Waals surface area contributed by atoms with Crippen LogP contribution in [0.15, 0.2) is 0 Å². The summed E-state index contributed by atoms with van der Waals surface area (Å²) in [4.78, 5) is 21.0. The van der Waals surface area contributed by atoms with Gasteiger partial charge in [-0.3, -0.25) is 25.6 Å². The molecule has 5 atom stereocenters. The molecule has 2 aliphatic heterocycles. The van der Waals surface area contributed by atoms with Crippen molar-refractivity contribution in [2.75, 3.05) is 26.4 Å². The molecule has 27 heavy (non-hydrogen) atoms. The highest BCUT2D eigenvalue weighted by molar-refractivity contribution is 5.69. The van der Waals surface area contributed by atoms with E-state index < -0.39 is 35.6 Å². The molecule has 4 N–H and O–H groups in total. The fourth-order valence-corrected chi connectivity index (χ4v) is 3.04. The molecule has 2 fully saturated rings. The lowest BCUT2D eigenvalue weighted by molar-refractivity contribution is -0.527. The molecule has 2 saturated heterocycles. The minimum absolute atomic E-state index is 0.0292. The number of carbonyl (C=O) groups is 1. The molecule has 13 nitrogen and oxygen atoms in total. The first-order chi connectivity index (χ1) is 12.9. The molecule has 0 radical (unpaired) electrons. The van der Waals surface area contributed by atoms with E-state index in [1.165, 1.54) is 0 Å². The summed E-state index contributed by atoms with van der Waals surface area (Å²) in [5.74, 6) is -0.469. The number of carbonyl (C=O) groups excluding carboxylic acids is 1. The molecule has 0 aromatic heterocycles. The molecule has 0 aromatic rings. The first-order valence-electron chi connectivity index (χ1n) is 8.60. The Morgan fingerprint density at radius 3 is 2.41 bits per heavy atom. The van der Waals surface area contributed by atoms with Gasteiger partial charge in [0.1, 0.15) is 31.0 Å². The third kappa shape index (κ3) is 7.17. The maximum atomic E-state index is 12.0. The standard InChI is InChI=1S/C14H26N2O11/c1-2-22-10-7-23-14-11(8-24-13(10)14)26-12(17)5-3-4-9(27-16(20)21)6-25-15(18)19/h9-11,13-14,18-21H,2-8H2,1H3/t9-,10+,11+,13+,14+/m0/s1. The number of hydrogen-bond acceptors (Lipinski definition) is 13. The van der Waals surface area contributed by atoms with E-state index in [1.54, 1.807) is 0 Å². The van der Waals surface area contributed by atoms with Gasteiger partial charge in [-0.05, 0) is 19.8 Å². The number of esters is 1. The highest BCUT2D eigenvalue weighted by Gasteiger charge is 2.49. The van der Waals surface area contributed by atoms with E-state index in [0.29, 0.717) is 13.2 Å². The van der Waals surface area contributed by atoms with E-state index in [1.807, 2.05) is 6.92 Å². The van der Waals surface area contributed by atoms with Crippen LogP contribution in [0.5, 0.6) is 0 Å². The summed E-state index contributed by atoms with van der Waals surface area (Å²) in [6.07, 6.45) is -1.78. The van der Waals surface area contributed by atoms with E-state index in [9.17, 15) is 4.79 Å². The van der Waals surface area contributed by atoms with Gasteiger partial charge in [0, 0.05) is 13.0 Å². The highest BCUT2D eigenvalue weighted by Crippen LogP contribution is 2.30. The SMILES string of the molecule is CCO[C@@H]1CO[C@H]2[C@@H]1OC[C@H]2OC(=O)CCC[C@@H](CON(O)O)ON(O)O. The predicted molar refractivity (Wildman–Crippen MR) is 80.3 cm³/mol. The van der Waals surface area contributed by atoms with Crippen LogP contribution in [-0.4, -0.2) is 94.5 Å². The smallest absolute Gasteiger partial charge is 0.306 e. The summed E-state index contributed by atoms with van der Waals surface area (Å²) in [5, 5.41) is 33.3. The van der Waals surface area contributed by atoms with Gasteiger partial charge >= 0.3 is 5.97 Å². The molecule has 158 valence electrons. The molecular weight excluding hydrogens is 372 g/mol. The van der Waals surface area contributed by atoms with Crippen molar-refractivity contribution in [2.45, 2.75) is 56.7 Å². The van der Waals surface area contributed by atoms with Crippen molar-refractivity contribution >= 4 is 5.97 Å². The molecule has 0 aliphatic carbocycles. The lowest BCUT2D eigenvalue weighted by Gasteiger charge is -2.19.